The minimum absolute atomic E-state index is 0.428. The van der Waals surface area contributed by atoms with Crippen molar-refractivity contribution >= 4 is 17.4 Å². The summed E-state index contributed by atoms with van der Waals surface area (Å²) in [6, 6.07) is 0.428. The Morgan fingerprint density at radius 2 is 2.44 bits per heavy atom. The van der Waals surface area contributed by atoms with Crippen molar-refractivity contribution in [1.29, 1.82) is 0 Å². The van der Waals surface area contributed by atoms with Crippen molar-refractivity contribution < 1.29 is 4.74 Å². The average molecular weight is 145 g/mol. The van der Waals surface area contributed by atoms with Crippen LogP contribution in [0.4, 0.5) is 0 Å². The molecule has 0 aromatic heterocycles. The lowest BCUT2D eigenvalue weighted by atomic mass is 10.1. The highest BCUT2D eigenvalue weighted by molar-refractivity contribution is 7.80. The van der Waals surface area contributed by atoms with E-state index in [9.17, 15) is 0 Å². The molecule has 0 unspecified atom stereocenters. The Morgan fingerprint density at radius 3 is 2.67 bits per heavy atom. The van der Waals surface area contributed by atoms with E-state index >= 15 is 0 Å². The highest BCUT2D eigenvalue weighted by atomic mass is 32.1. The van der Waals surface area contributed by atoms with Crippen LogP contribution in [-0.4, -0.2) is 17.8 Å². The molecule has 1 saturated heterocycles. The zero-order valence-electron chi connectivity index (χ0n) is 5.68. The molecule has 1 atom stereocenters. The van der Waals surface area contributed by atoms with Gasteiger partial charge in [-0.3, -0.25) is 0 Å². The molecular formula is C6H11NOS. The van der Waals surface area contributed by atoms with Gasteiger partial charge in [0.05, 0.1) is 6.04 Å². The summed E-state index contributed by atoms with van der Waals surface area (Å²) in [6.07, 6.45) is 0. The van der Waals surface area contributed by atoms with Crippen LogP contribution in [0.1, 0.15) is 13.8 Å². The molecule has 0 saturated carbocycles. The molecule has 0 aliphatic carbocycles. The molecule has 9 heavy (non-hydrogen) atoms. The zero-order valence-corrected chi connectivity index (χ0v) is 6.49. The maximum Gasteiger partial charge on any atom is 0.257 e. The van der Waals surface area contributed by atoms with Crippen molar-refractivity contribution in [2.45, 2.75) is 19.9 Å². The monoisotopic (exact) mass is 145 g/mol. The summed E-state index contributed by atoms with van der Waals surface area (Å²) in [5, 5.41) is 3.61. The summed E-state index contributed by atoms with van der Waals surface area (Å²) < 4.78 is 5.05. The largest absolute Gasteiger partial charge is 0.469 e. The van der Waals surface area contributed by atoms with Crippen LogP contribution in [0.5, 0.6) is 0 Å². The minimum Gasteiger partial charge on any atom is -0.469 e. The Morgan fingerprint density at radius 1 is 1.78 bits per heavy atom. The van der Waals surface area contributed by atoms with E-state index in [4.69, 9.17) is 17.0 Å². The van der Waals surface area contributed by atoms with Gasteiger partial charge in [-0.25, -0.2) is 0 Å². The SMILES string of the molecule is CC(C)[C@@H]1COC(=S)N1. The van der Waals surface area contributed by atoms with Gasteiger partial charge in [0.25, 0.3) is 5.17 Å². The molecule has 3 heteroatoms. The van der Waals surface area contributed by atoms with Crippen LogP contribution in [0.3, 0.4) is 0 Å². The molecule has 0 aromatic rings. The molecule has 1 aliphatic rings. The predicted octanol–water partition coefficient (Wildman–Crippen LogP) is 0.916. The van der Waals surface area contributed by atoms with E-state index in [0.29, 0.717) is 17.1 Å². The Balaban J connectivity index is 2.39. The van der Waals surface area contributed by atoms with E-state index in [1.54, 1.807) is 0 Å². The van der Waals surface area contributed by atoms with Crippen molar-refractivity contribution in [3.8, 4) is 0 Å². The Bertz CT molecular complexity index is 124. The van der Waals surface area contributed by atoms with Gasteiger partial charge < -0.3 is 10.1 Å². The molecule has 0 amide bonds. The van der Waals surface area contributed by atoms with Crippen molar-refractivity contribution in [3.63, 3.8) is 0 Å². The first-order chi connectivity index (χ1) is 4.20. The van der Waals surface area contributed by atoms with Gasteiger partial charge in [0, 0.05) is 0 Å². The van der Waals surface area contributed by atoms with Gasteiger partial charge in [-0.15, -0.1) is 0 Å². The van der Waals surface area contributed by atoms with Crippen LogP contribution in [0.15, 0.2) is 0 Å². The number of hydrogen-bond acceptors (Lipinski definition) is 2. The molecule has 52 valence electrons. The van der Waals surface area contributed by atoms with E-state index in [0.717, 1.165) is 6.61 Å². The van der Waals surface area contributed by atoms with Gasteiger partial charge in [0.15, 0.2) is 0 Å². The van der Waals surface area contributed by atoms with Gasteiger partial charge in [-0.2, -0.15) is 0 Å². The highest BCUT2D eigenvalue weighted by Crippen LogP contribution is 2.07. The van der Waals surface area contributed by atoms with Crippen LogP contribution in [-0.2, 0) is 4.74 Å². The molecule has 1 N–H and O–H groups in total. The number of hydrogen-bond donors (Lipinski definition) is 1. The van der Waals surface area contributed by atoms with Crippen molar-refractivity contribution in [3.05, 3.63) is 0 Å². The second kappa shape index (κ2) is 2.52. The van der Waals surface area contributed by atoms with Gasteiger partial charge in [-0.1, -0.05) is 13.8 Å². The molecule has 0 radical (unpaired) electrons. The maximum atomic E-state index is 5.05. The van der Waals surface area contributed by atoms with E-state index < -0.39 is 0 Å². The van der Waals surface area contributed by atoms with E-state index in [-0.39, 0.29) is 0 Å². The number of ether oxygens (including phenoxy) is 1. The Labute approximate surface area is 60.6 Å². The summed E-state index contributed by atoms with van der Waals surface area (Å²) in [5.74, 6) is 0.602. The normalized spacial score (nSPS) is 26.1. The Kier molecular flexibility index (Phi) is 1.90. The van der Waals surface area contributed by atoms with Gasteiger partial charge >= 0.3 is 0 Å². The first-order valence-corrected chi connectivity index (χ1v) is 3.54. The summed E-state index contributed by atoms with van der Waals surface area (Å²) in [6.45, 7) is 5.03. The predicted molar refractivity (Wildman–Crippen MR) is 40.3 cm³/mol. The molecule has 0 spiro atoms. The third kappa shape index (κ3) is 1.55. The fraction of sp³-hybridized carbons (Fsp3) is 0.833. The third-order valence-electron chi connectivity index (χ3n) is 1.50. The molecule has 0 bridgehead atoms. The van der Waals surface area contributed by atoms with Gasteiger partial charge in [0.2, 0.25) is 0 Å². The molecule has 0 aromatic carbocycles. The fourth-order valence-electron chi connectivity index (χ4n) is 0.759. The summed E-state index contributed by atoms with van der Waals surface area (Å²) in [5.41, 5.74) is 0. The van der Waals surface area contributed by atoms with Crippen molar-refractivity contribution in [2.24, 2.45) is 5.92 Å². The van der Waals surface area contributed by atoms with Gasteiger partial charge in [-0.05, 0) is 18.1 Å². The number of thiocarbonyl (C=S) groups is 1. The third-order valence-corrected chi connectivity index (χ3v) is 1.74. The fourth-order valence-corrected chi connectivity index (χ4v) is 0.979. The second-order valence-electron chi connectivity index (χ2n) is 2.59. The molecule has 1 rings (SSSR count). The Hall–Kier alpha value is -0.310. The maximum absolute atomic E-state index is 5.05. The first kappa shape index (κ1) is 6.81. The lowest BCUT2D eigenvalue weighted by Gasteiger charge is -2.10. The lowest BCUT2D eigenvalue weighted by molar-refractivity contribution is 0.304. The molecule has 1 heterocycles. The minimum atomic E-state index is 0.428. The summed E-state index contributed by atoms with van der Waals surface area (Å²) >= 11 is 4.78. The summed E-state index contributed by atoms with van der Waals surface area (Å²) in [4.78, 5) is 0. The van der Waals surface area contributed by atoms with E-state index in [2.05, 4.69) is 19.2 Å². The van der Waals surface area contributed by atoms with Crippen LogP contribution in [0, 0.1) is 5.92 Å². The second-order valence-corrected chi connectivity index (χ2v) is 2.96. The standard InChI is InChI=1S/C6H11NOS/c1-4(2)5-3-8-6(9)7-5/h4-5H,3H2,1-2H3,(H,7,9)/t5-/m0/s1. The number of rotatable bonds is 1. The van der Waals surface area contributed by atoms with Crippen LogP contribution in [0.25, 0.3) is 0 Å². The molecule has 1 aliphatic heterocycles. The van der Waals surface area contributed by atoms with Crippen LogP contribution >= 0.6 is 12.2 Å². The topological polar surface area (TPSA) is 21.3 Å². The zero-order chi connectivity index (χ0) is 6.85. The van der Waals surface area contributed by atoms with Crippen molar-refractivity contribution in [1.82, 2.24) is 5.32 Å². The summed E-state index contributed by atoms with van der Waals surface area (Å²) in [7, 11) is 0. The smallest absolute Gasteiger partial charge is 0.257 e. The quantitative estimate of drug-likeness (QED) is 0.554. The molecule has 1 fully saturated rings. The van der Waals surface area contributed by atoms with Crippen LogP contribution < -0.4 is 5.32 Å². The number of nitrogens with one attached hydrogen (secondary N) is 1. The van der Waals surface area contributed by atoms with Crippen LogP contribution in [0.2, 0.25) is 0 Å². The van der Waals surface area contributed by atoms with Crippen molar-refractivity contribution in [2.75, 3.05) is 6.61 Å². The van der Waals surface area contributed by atoms with E-state index in [1.807, 2.05) is 0 Å². The lowest BCUT2D eigenvalue weighted by Crippen LogP contribution is -2.30. The molecule has 2 nitrogen and oxygen atoms in total. The average Bonchev–Trinajstić information content (AvgIpc) is 2.14. The highest BCUT2D eigenvalue weighted by Gasteiger charge is 2.21. The first-order valence-electron chi connectivity index (χ1n) is 3.13. The van der Waals surface area contributed by atoms with Gasteiger partial charge in [0.1, 0.15) is 6.61 Å². The van der Waals surface area contributed by atoms with E-state index in [1.165, 1.54) is 0 Å². The molecular weight excluding hydrogens is 134 g/mol.